The van der Waals surface area contributed by atoms with Crippen molar-refractivity contribution in [2.24, 2.45) is 0 Å². The van der Waals surface area contributed by atoms with E-state index in [9.17, 15) is 4.79 Å². The predicted molar refractivity (Wildman–Crippen MR) is 89.4 cm³/mol. The summed E-state index contributed by atoms with van der Waals surface area (Å²) in [5.74, 6) is 1.33. The minimum atomic E-state index is -0.189. The maximum atomic E-state index is 12.7. The van der Waals surface area contributed by atoms with Crippen LogP contribution >= 0.6 is 0 Å². The van der Waals surface area contributed by atoms with E-state index in [1.807, 2.05) is 38.2 Å². The van der Waals surface area contributed by atoms with Crippen molar-refractivity contribution in [3.63, 3.8) is 0 Å². The molecule has 1 aliphatic heterocycles. The monoisotopic (exact) mass is 311 g/mol. The number of nitrogens with zero attached hydrogens (tertiary/aromatic N) is 1. The van der Waals surface area contributed by atoms with Crippen molar-refractivity contribution in [3.05, 3.63) is 59.2 Å². The summed E-state index contributed by atoms with van der Waals surface area (Å²) in [6.45, 7) is 1.94. The van der Waals surface area contributed by atoms with E-state index in [-0.39, 0.29) is 17.9 Å². The number of carbonyl (C=O) groups is 1. The summed E-state index contributed by atoms with van der Waals surface area (Å²) in [6.07, 6.45) is 0. The van der Waals surface area contributed by atoms with Crippen LogP contribution in [0.25, 0.3) is 0 Å². The number of Topliss-reactive ketones (excluding diaryl/α,β-unsaturated/α-hetero) is 1. The number of ether oxygens (including phenoxy) is 2. The highest BCUT2D eigenvalue weighted by atomic mass is 16.5. The molecule has 0 bridgehead atoms. The highest BCUT2D eigenvalue weighted by Gasteiger charge is 2.37. The lowest BCUT2D eigenvalue weighted by molar-refractivity contribution is 0.0799. The normalized spacial score (nSPS) is 21.0. The summed E-state index contributed by atoms with van der Waals surface area (Å²) in [5, 5.41) is 0. The van der Waals surface area contributed by atoms with E-state index in [2.05, 4.69) is 17.0 Å². The molecular formula is C19H21NO3. The van der Waals surface area contributed by atoms with E-state index in [0.717, 1.165) is 11.1 Å². The van der Waals surface area contributed by atoms with Crippen molar-refractivity contribution < 1.29 is 14.3 Å². The van der Waals surface area contributed by atoms with E-state index in [4.69, 9.17) is 9.47 Å². The van der Waals surface area contributed by atoms with Crippen LogP contribution in [0, 0.1) is 0 Å². The van der Waals surface area contributed by atoms with Crippen LogP contribution in [0.5, 0.6) is 11.5 Å². The third-order valence-corrected chi connectivity index (χ3v) is 4.63. The number of fused-ring (bicyclic) bond motifs is 1. The molecule has 0 aliphatic carbocycles. The Bertz CT molecular complexity index is 727. The Morgan fingerprint density at radius 3 is 2.22 bits per heavy atom. The second kappa shape index (κ2) is 6.05. The van der Waals surface area contributed by atoms with Crippen LogP contribution in [0.1, 0.15) is 34.5 Å². The molecule has 4 heteroatoms. The lowest BCUT2D eigenvalue weighted by Gasteiger charge is -2.39. The van der Waals surface area contributed by atoms with Gasteiger partial charge in [0.15, 0.2) is 17.3 Å². The van der Waals surface area contributed by atoms with Gasteiger partial charge in [-0.15, -0.1) is 0 Å². The quantitative estimate of drug-likeness (QED) is 0.872. The fourth-order valence-electron chi connectivity index (χ4n) is 3.24. The third kappa shape index (κ3) is 2.49. The summed E-state index contributed by atoms with van der Waals surface area (Å²) < 4.78 is 10.8. The summed E-state index contributed by atoms with van der Waals surface area (Å²) in [5.41, 5.74) is 2.82. The first-order chi connectivity index (χ1) is 11.1. The number of carbonyl (C=O) groups excluding carboxylic acids is 1. The highest BCUT2D eigenvalue weighted by molar-refractivity contribution is 6.03. The number of hydrogen-bond acceptors (Lipinski definition) is 4. The number of likely N-dealkylation sites (N-methyl/N-ethyl adjacent to an activating group) is 1. The summed E-state index contributed by atoms with van der Waals surface area (Å²) in [4.78, 5) is 14.8. The standard InChI is InChI=1S/C19H21NO3/c1-12-19(21)15-11-17(23-4)16(22-3)10-14(15)18(20(12)2)13-8-6-5-7-9-13/h5-12,18H,1-4H3. The average Bonchev–Trinajstić information content (AvgIpc) is 2.60. The molecule has 3 rings (SSSR count). The van der Waals surface area contributed by atoms with Gasteiger partial charge in [-0.1, -0.05) is 30.3 Å². The highest BCUT2D eigenvalue weighted by Crippen LogP contribution is 2.41. The predicted octanol–water partition coefficient (Wildman–Crippen LogP) is 3.31. The smallest absolute Gasteiger partial charge is 0.180 e. The minimum absolute atomic E-state index is 0.0127. The number of methoxy groups -OCH3 is 2. The van der Waals surface area contributed by atoms with Crippen LogP contribution in [0.4, 0.5) is 0 Å². The van der Waals surface area contributed by atoms with E-state index in [0.29, 0.717) is 17.1 Å². The average molecular weight is 311 g/mol. The first kappa shape index (κ1) is 15.6. The molecule has 2 aromatic carbocycles. The zero-order valence-corrected chi connectivity index (χ0v) is 13.9. The molecule has 0 saturated heterocycles. The number of rotatable bonds is 3. The zero-order chi connectivity index (χ0) is 16.6. The zero-order valence-electron chi connectivity index (χ0n) is 13.9. The van der Waals surface area contributed by atoms with Crippen LogP contribution in [-0.4, -0.2) is 38.0 Å². The Morgan fingerprint density at radius 1 is 1.00 bits per heavy atom. The van der Waals surface area contributed by atoms with Crippen molar-refractivity contribution in [2.45, 2.75) is 19.0 Å². The minimum Gasteiger partial charge on any atom is -0.493 e. The molecule has 120 valence electrons. The van der Waals surface area contributed by atoms with E-state index in [1.54, 1.807) is 20.3 Å². The fourth-order valence-corrected chi connectivity index (χ4v) is 3.24. The maximum absolute atomic E-state index is 12.7. The SMILES string of the molecule is COc1cc2c(cc1OC)C(c1ccccc1)N(C)C(C)C2=O. The van der Waals surface area contributed by atoms with Gasteiger partial charge in [0.05, 0.1) is 26.3 Å². The molecule has 0 amide bonds. The lowest BCUT2D eigenvalue weighted by Crippen LogP contribution is -2.44. The number of hydrogen-bond donors (Lipinski definition) is 0. The van der Waals surface area contributed by atoms with Gasteiger partial charge in [0, 0.05) is 5.56 Å². The Hall–Kier alpha value is -2.33. The van der Waals surface area contributed by atoms with Gasteiger partial charge < -0.3 is 9.47 Å². The van der Waals surface area contributed by atoms with Crippen LogP contribution in [0.2, 0.25) is 0 Å². The molecule has 2 atom stereocenters. The van der Waals surface area contributed by atoms with Crippen molar-refractivity contribution in [1.29, 1.82) is 0 Å². The van der Waals surface area contributed by atoms with E-state index in [1.165, 1.54) is 0 Å². The van der Waals surface area contributed by atoms with Gasteiger partial charge in [0.1, 0.15) is 0 Å². The Labute approximate surface area is 136 Å². The molecule has 4 nitrogen and oxygen atoms in total. The maximum Gasteiger partial charge on any atom is 0.180 e. The van der Waals surface area contributed by atoms with Gasteiger partial charge in [-0.25, -0.2) is 0 Å². The number of ketones is 1. The Kier molecular flexibility index (Phi) is 4.09. The van der Waals surface area contributed by atoms with Crippen molar-refractivity contribution in [2.75, 3.05) is 21.3 Å². The van der Waals surface area contributed by atoms with Crippen molar-refractivity contribution in [3.8, 4) is 11.5 Å². The molecule has 23 heavy (non-hydrogen) atoms. The number of benzene rings is 2. The van der Waals surface area contributed by atoms with E-state index < -0.39 is 0 Å². The van der Waals surface area contributed by atoms with Crippen molar-refractivity contribution >= 4 is 5.78 Å². The molecule has 2 unspecified atom stereocenters. The first-order valence-corrected chi connectivity index (χ1v) is 7.65. The Morgan fingerprint density at radius 2 is 1.61 bits per heavy atom. The molecular weight excluding hydrogens is 290 g/mol. The molecule has 0 saturated carbocycles. The van der Waals surface area contributed by atoms with Crippen molar-refractivity contribution in [1.82, 2.24) is 4.90 Å². The van der Waals surface area contributed by atoms with E-state index >= 15 is 0 Å². The topological polar surface area (TPSA) is 38.8 Å². The summed E-state index contributed by atoms with van der Waals surface area (Å²) in [6, 6.07) is 13.8. The third-order valence-electron chi connectivity index (χ3n) is 4.63. The molecule has 0 N–H and O–H groups in total. The molecule has 2 aromatic rings. The summed E-state index contributed by atoms with van der Waals surface area (Å²) >= 11 is 0. The van der Waals surface area contributed by atoms with Gasteiger partial charge in [-0.05, 0) is 37.2 Å². The van der Waals surface area contributed by atoms with Gasteiger partial charge in [-0.3, -0.25) is 9.69 Å². The molecule has 1 aliphatic rings. The van der Waals surface area contributed by atoms with Crippen LogP contribution in [-0.2, 0) is 0 Å². The second-order valence-electron chi connectivity index (χ2n) is 5.81. The molecule has 1 heterocycles. The summed E-state index contributed by atoms with van der Waals surface area (Å²) in [7, 11) is 5.18. The Balaban J connectivity index is 2.23. The lowest BCUT2D eigenvalue weighted by atomic mass is 9.84. The molecule has 0 spiro atoms. The molecule has 0 aromatic heterocycles. The van der Waals surface area contributed by atoms with Gasteiger partial charge in [-0.2, -0.15) is 0 Å². The first-order valence-electron chi connectivity index (χ1n) is 7.65. The molecule has 0 radical (unpaired) electrons. The fraction of sp³-hybridized carbons (Fsp3) is 0.316. The van der Waals surface area contributed by atoms with Gasteiger partial charge >= 0.3 is 0 Å². The van der Waals surface area contributed by atoms with Gasteiger partial charge in [0.25, 0.3) is 0 Å². The molecule has 0 fully saturated rings. The van der Waals surface area contributed by atoms with Crippen LogP contribution < -0.4 is 9.47 Å². The largest absolute Gasteiger partial charge is 0.493 e. The van der Waals surface area contributed by atoms with Gasteiger partial charge in [0.2, 0.25) is 0 Å². The van der Waals surface area contributed by atoms with Crippen LogP contribution in [0.3, 0.4) is 0 Å². The second-order valence-corrected chi connectivity index (χ2v) is 5.81. The van der Waals surface area contributed by atoms with Crippen LogP contribution in [0.15, 0.2) is 42.5 Å².